The summed E-state index contributed by atoms with van der Waals surface area (Å²) in [5.74, 6) is -56.4. The average Bonchev–Trinajstić information content (AvgIpc) is 3.07. The summed E-state index contributed by atoms with van der Waals surface area (Å²) < 4.78 is 221. The van der Waals surface area contributed by atoms with E-state index in [-0.39, 0.29) is 6.07 Å². The molecule has 0 aliphatic rings. The molecule has 30 heavy (non-hydrogen) atoms. The topological polar surface area (TPSA) is 15.8 Å². The standard InChI is InChI=1S/C12H4F17N/c13-5(14,4-2-1-3-30-4)6(15,16)7(17,18)8(19,20)9(21,22)10(23,24)11(25,26)12(27,28)29/h1-3,30H. The predicted octanol–water partition coefficient (Wildman–Crippen LogP) is 6.48. The first-order valence-electron chi connectivity index (χ1n) is 6.71. The van der Waals surface area contributed by atoms with E-state index in [4.69, 9.17) is 0 Å². The fourth-order valence-corrected chi connectivity index (χ4v) is 1.86. The molecule has 0 atom stereocenters. The maximum Gasteiger partial charge on any atom is 0.460 e. The van der Waals surface area contributed by atoms with Gasteiger partial charge in [-0.2, -0.15) is 74.6 Å². The minimum absolute atomic E-state index is 0.160. The minimum Gasteiger partial charge on any atom is -0.360 e. The van der Waals surface area contributed by atoms with E-state index < -0.39 is 53.3 Å². The summed E-state index contributed by atoms with van der Waals surface area (Å²) in [6.45, 7) is 0. The molecule has 0 saturated heterocycles. The van der Waals surface area contributed by atoms with Gasteiger partial charge in [0.1, 0.15) is 0 Å². The van der Waals surface area contributed by atoms with Crippen LogP contribution in [0.1, 0.15) is 5.69 Å². The van der Waals surface area contributed by atoms with Crippen LogP contribution in [0.5, 0.6) is 0 Å². The molecule has 0 spiro atoms. The molecule has 0 bridgehead atoms. The Balaban J connectivity index is 3.67. The lowest BCUT2D eigenvalue weighted by Gasteiger charge is -2.42. The summed E-state index contributed by atoms with van der Waals surface area (Å²) in [7, 11) is 0. The van der Waals surface area contributed by atoms with Crippen molar-refractivity contribution >= 4 is 0 Å². The zero-order chi connectivity index (χ0) is 24.4. The Morgan fingerprint density at radius 2 is 0.800 bits per heavy atom. The van der Waals surface area contributed by atoms with E-state index in [0.29, 0.717) is 12.3 Å². The molecule has 0 saturated carbocycles. The van der Waals surface area contributed by atoms with Gasteiger partial charge in [-0.3, -0.25) is 0 Å². The van der Waals surface area contributed by atoms with Gasteiger partial charge in [0.05, 0.1) is 5.69 Å². The van der Waals surface area contributed by atoms with E-state index in [0.717, 1.165) is 4.98 Å². The summed E-state index contributed by atoms with van der Waals surface area (Å²) in [5, 5.41) is 0. The number of H-pyrrole nitrogens is 1. The molecule has 0 unspecified atom stereocenters. The van der Waals surface area contributed by atoms with Crippen LogP contribution in [0.3, 0.4) is 0 Å². The lowest BCUT2D eigenvalue weighted by molar-refractivity contribution is -0.462. The number of halogens is 17. The molecule has 0 amide bonds. The van der Waals surface area contributed by atoms with Crippen LogP contribution in [0.4, 0.5) is 74.6 Å². The smallest absolute Gasteiger partial charge is 0.360 e. The third-order valence-corrected chi connectivity index (χ3v) is 3.66. The summed E-state index contributed by atoms with van der Waals surface area (Å²) in [5.41, 5.74) is -2.33. The Hall–Kier alpha value is -1.91. The molecule has 0 fully saturated rings. The number of alkyl halides is 17. The highest BCUT2D eigenvalue weighted by atomic mass is 19.4. The summed E-state index contributed by atoms with van der Waals surface area (Å²) in [4.78, 5) is 1.11. The minimum atomic E-state index is -8.61. The number of aromatic nitrogens is 1. The van der Waals surface area contributed by atoms with Crippen LogP contribution < -0.4 is 0 Å². The Bertz CT molecular complexity index is 741. The third kappa shape index (κ3) is 2.99. The lowest BCUT2D eigenvalue weighted by atomic mass is 9.88. The van der Waals surface area contributed by atoms with Gasteiger partial charge in [0.15, 0.2) is 0 Å². The van der Waals surface area contributed by atoms with Gasteiger partial charge < -0.3 is 4.98 Å². The molecule has 0 aliphatic heterocycles. The van der Waals surface area contributed by atoms with Crippen molar-refractivity contribution in [3.63, 3.8) is 0 Å². The second-order valence-corrected chi connectivity index (χ2v) is 5.60. The Labute approximate surface area is 152 Å². The number of hydrogen-bond donors (Lipinski definition) is 1. The summed E-state index contributed by atoms with van der Waals surface area (Å²) >= 11 is 0. The van der Waals surface area contributed by atoms with Gasteiger partial charge in [-0.25, -0.2) is 0 Å². The van der Waals surface area contributed by atoms with Gasteiger partial charge in [-0.1, -0.05) is 0 Å². The normalized spacial score (nSPS) is 16.2. The van der Waals surface area contributed by atoms with Crippen LogP contribution in [-0.2, 0) is 5.92 Å². The van der Waals surface area contributed by atoms with Crippen molar-refractivity contribution in [1.82, 2.24) is 4.98 Å². The second kappa shape index (κ2) is 6.54. The monoisotopic (exact) mass is 485 g/mol. The van der Waals surface area contributed by atoms with Gasteiger partial charge in [-0.15, -0.1) is 0 Å². The van der Waals surface area contributed by atoms with Crippen molar-refractivity contribution in [2.24, 2.45) is 0 Å². The highest BCUT2D eigenvalue weighted by Crippen LogP contribution is 2.64. The zero-order valence-electron chi connectivity index (χ0n) is 13.2. The molecule has 1 nitrogen and oxygen atoms in total. The Morgan fingerprint density at radius 3 is 1.10 bits per heavy atom. The average molecular weight is 485 g/mol. The first-order chi connectivity index (χ1) is 12.9. The molecule has 1 heterocycles. The predicted molar refractivity (Wildman–Crippen MR) is 60.4 cm³/mol. The SMILES string of the molecule is FC(F)(F)C(F)(F)C(F)(F)C(F)(F)C(F)(F)C(F)(F)C(F)(F)C(F)(F)c1ccc[nH]1. The lowest BCUT2D eigenvalue weighted by Crippen LogP contribution is -2.74. The molecule has 1 rings (SSSR count). The van der Waals surface area contributed by atoms with Crippen molar-refractivity contribution in [3.05, 3.63) is 24.0 Å². The van der Waals surface area contributed by atoms with Gasteiger partial charge in [-0.05, 0) is 12.1 Å². The molecule has 1 N–H and O–H groups in total. The molecule has 18 heteroatoms. The fraction of sp³-hybridized carbons (Fsp3) is 0.667. The van der Waals surface area contributed by atoms with E-state index in [2.05, 4.69) is 0 Å². The number of hydrogen-bond acceptors (Lipinski definition) is 0. The van der Waals surface area contributed by atoms with Crippen molar-refractivity contribution in [2.75, 3.05) is 0 Å². The van der Waals surface area contributed by atoms with Crippen molar-refractivity contribution < 1.29 is 74.6 Å². The highest BCUT2D eigenvalue weighted by Gasteiger charge is 2.95. The third-order valence-electron chi connectivity index (χ3n) is 3.66. The van der Waals surface area contributed by atoms with Crippen LogP contribution >= 0.6 is 0 Å². The first-order valence-corrected chi connectivity index (χ1v) is 6.71. The first kappa shape index (κ1) is 26.1. The molecule has 176 valence electrons. The Kier molecular flexibility index (Phi) is 5.70. The van der Waals surface area contributed by atoms with Gasteiger partial charge in [0.25, 0.3) is 0 Å². The number of aromatic amines is 1. The maximum absolute atomic E-state index is 13.5. The molecule has 0 radical (unpaired) electrons. The van der Waals surface area contributed by atoms with Crippen molar-refractivity contribution in [2.45, 2.75) is 47.6 Å². The molecule has 0 aromatic carbocycles. The summed E-state index contributed by atoms with van der Waals surface area (Å²) in [6, 6.07) is 0.231. The molecule has 1 aromatic rings. The van der Waals surface area contributed by atoms with E-state index in [1.54, 1.807) is 0 Å². The van der Waals surface area contributed by atoms with Crippen LogP contribution in [0.15, 0.2) is 18.3 Å². The number of nitrogens with one attached hydrogen (secondary N) is 1. The van der Waals surface area contributed by atoms with E-state index in [1.807, 2.05) is 0 Å². The molecule has 1 aromatic heterocycles. The van der Waals surface area contributed by atoms with E-state index in [1.165, 1.54) is 0 Å². The molecular weight excluding hydrogens is 481 g/mol. The van der Waals surface area contributed by atoms with Gasteiger partial charge in [0, 0.05) is 6.20 Å². The second-order valence-electron chi connectivity index (χ2n) is 5.60. The zero-order valence-corrected chi connectivity index (χ0v) is 13.2. The van der Waals surface area contributed by atoms with Crippen molar-refractivity contribution in [3.8, 4) is 0 Å². The van der Waals surface area contributed by atoms with Crippen LogP contribution in [0.25, 0.3) is 0 Å². The number of rotatable bonds is 7. The van der Waals surface area contributed by atoms with E-state index >= 15 is 0 Å². The Morgan fingerprint density at radius 1 is 0.467 bits per heavy atom. The highest BCUT2D eigenvalue weighted by molar-refractivity contribution is 5.21. The van der Waals surface area contributed by atoms with Gasteiger partial charge in [0.2, 0.25) is 0 Å². The molecule has 0 aliphatic carbocycles. The van der Waals surface area contributed by atoms with Crippen LogP contribution in [0, 0.1) is 0 Å². The van der Waals surface area contributed by atoms with E-state index in [9.17, 15) is 74.6 Å². The molecular formula is C12H4F17N. The van der Waals surface area contributed by atoms with Crippen LogP contribution in [0.2, 0.25) is 0 Å². The fourth-order valence-electron chi connectivity index (χ4n) is 1.86. The summed E-state index contributed by atoms with van der Waals surface area (Å²) in [6.07, 6.45) is -7.44. The maximum atomic E-state index is 13.5. The van der Waals surface area contributed by atoms with Gasteiger partial charge >= 0.3 is 47.6 Å². The largest absolute Gasteiger partial charge is 0.460 e. The van der Waals surface area contributed by atoms with Crippen LogP contribution in [-0.4, -0.2) is 46.7 Å². The van der Waals surface area contributed by atoms with Crippen molar-refractivity contribution in [1.29, 1.82) is 0 Å². The quantitative estimate of drug-likeness (QED) is 0.426.